The monoisotopic (exact) mass is 263 g/mol. The van der Waals surface area contributed by atoms with Crippen molar-refractivity contribution in [2.24, 2.45) is 0 Å². The molecule has 0 saturated carbocycles. The number of rotatable bonds is 4. The van der Waals surface area contributed by atoms with E-state index in [1.165, 1.54) is 19.5 Å². The Morgan fingerprint density at radius 3 is 2.68 bits per heavy atom. The molecule has 2 heterocycles. The second-order valence-corrected chi connectivity index (χ2v) is 3.35. The topological polar surface area (TPSA) is 115 Å². The number of nitrogens with zero attached hydrogens (tertiary/aromatic N) is 2. The first kappa shape index (κ1) is 12.6. The average molecular weight is 263 g/mol. The first-order chi connectivity index (χ1) is 9.11. The highest BCUT2D eigenvalue weighted by atomic mass is 16.5. The van der Waals surface area contributed by atoms with E-state index in [-0.39, 0.29) is 17.4 Å². The van der Waals surface area contributed by atoms with Gasteiger partial charge in [0.2, 0.25) is 17.5 Å². The molecule has 8 heteroatoms. The first-order valence-electron chi connectivity index (χ1n) is 5.11. The Balaban J connectivity index is 2.48. The van der Waals surface area contributed by atoms with Crippen LogP contribution in [0.2, 0.25) is 0 Å². The maximum absolute atomic E-state index is 11.6. The van der Waals surface area contributed by atoms with E-state index in [4.69, 9.17) is 9.84 Å². The molecule has 0 aliphatic rings. The molecule has 0 radical (unpaired) electrons. The van der Waals surface area contributed by atoms with Gasteiger partial charge < -0.3 is 19.6 Å². The number of hydrogen-bond acceptors (Lipinski definition) is 7. The fraction of sp³-hybridized carbons (Fsp3) is 0.0909. The van der Waals surface area contributed by atoms with Crippen molar-refractivity contribution in [1.82, 2.24) is 9.97 Å². The van der Waals surface area contributed by atoms with Crippen LogP contribution in [0.15, 0.2) is 33.7 Å². The van der Waals surface area contributed by atoms with Gasteiger partial charge >= 0.3 is 11.6 Å². The number of carbonyl (C=O) groups is 1. The highest BCUT2D eigenvalue weighted by molar-refractivity contribution is 5.86. The summed E-state index contributed by atoms with van der Waals surface area (Å²) in [5, 5.41) is 11.5. The molecule has 0 unspecified atom stereocenters. The summed E-state index contributed by atoms with van der Waals surface area (Å²) >= 11 is 0. The zero-order valence-corrected chi connectivity index (χ0v) is 9.78. The minimum Gasteiger partial charge on any atom is -0.488 e. The van der Waals surface area contributed by atoms with Crippen molar-refractivity contribution in [2.45, 2.75) is 0 Å². The molecule has 98 valence electrons. The normalized spacial score (nSPS) is 9.95. The van der Waals surface area contributed by atoms with Gasteiger partial charge in [-0.25, -0.2) is 19.6 Å². The summed E-state index contributed by atoms with van der Waals surface area (Å²) in [6, 6.07) is 2.74. The number of methoxy groups -OCH3 is 1. The van der Waals surface area contributed by atoms with Crippen molar-refractivity contribution in [3.8, 4) is 5.75 Å². The summed E-state index contributed by atoms with van der Waals surface area (Å²) < 4.78 is 9.44. The van der Waals surface area contributed by atoms with Crippen LogP contribution >= 0.6 is 0 Å². The summed E-state index contributed by atoms with van der Waals surface area (Å²) in [7, 11) is 1.27. The van der Waals surface area contributed by atoms with Crippen LogP contribution < -0.4 is 15.7 Å². The highest BCUT2D eigenvalue weighted by Crippen LogP contribution is 2.23. The Morgan fingerprint density at radius 1 is 1.42 bits per heavy atom. The molecule has 0 atom stereocenters. The SMILES string of the molecule is COc1c(Nc2ncccn2)cc(C(=O)O)oc1=O. The number of aromatic nitrogens is 2. The van der Waals surface area contributed by atoms with E-state index in [1.807, 2.05) is 0 Å². The van der Waals surface area contributed by atoms with Gasteiger partial charge in [-0.2, -0.15) is 0 Å². The Morgan fingerprint density at radius 2 is 2.11 bits per heavy atom. The second-order valence-electron chi connectivity index (χ2n) is 3.35. The van der Waals surface area contributed by atoms with Crippen molar-refractivity contribution in [2.75, 3.05) is 12.4 Å². The van der Waals surface area contributed by atoms with Gasteiger partial charge in [0.15, 0.2) is 0 Å². The van der Waals surface area contributed by atoms with Gasteiger partial charge in [0, 0.05) is 18.5 Å². The van der Waals surface area contributed by atoms with E-state index in [0.717, 1.165) is 6.07 Å². The maximum Gasteiger partial charge on any atom is 0.381 e. The lowest BCUT2D eigenvalue weighted by Gasteiger charge is -2.08. The minimum atomic E-state index is -1.36. The minimum absolute atomic E-state index is 0.113. The molecule has 2 aromatic heterocycles. The Hall–Kier alpha value is -2.90. The third kappa shape index (κ3) is 2.68. The number of carboxylic acid groups (broad SMARTS) is 1. The third-order valence-electron chi connectivity index (χ3n) is 2.14. The third-order valence-corrected chi connectivity index (χ3v) is 2.14. The van der Waals surface area contributed by atoms with E-state index in [2.05, 4.69) is 19.7 Å². The largest absolute Gasteiger partial charge is 0.488 e. The molecule has 0 aromatic carbocycles. The fourth-order valence-corrected chi connectivity index (χ4v) is 1.36. The molecular weight excluding hydrogens is 254 g/mol. The van der Waals surface area contributed by atoms with Crippen molar-refractivity contribution >= 4 is 17.6 Å². The lowest BCUT2D eigenvalue weighted by Crippen LogP contribution is -2.12. The van der Waals surface area contributed by atoms with Crippen LogP contribution in [0.3, 0.4) is 0 Å². The van der Waals surface area contributed by atoms with Gasteiger partial charge in [0.25, 0.3) is 0 Å². The van der Waals surface area contributed by atoms with Gasteiger partial charge in [-0.1, -0.05) is 0 Å². The molecule has 0 amide bonds. The van der Waals surface area contributed by atoms with Crippen LogP contribution in [0, 0.1) is 0 Å². The molecule has 2 rings (SSSR count). The van der Waals surface area contributed by atoms with E-state index >= 15 is 0 Å². The number of aromatic carboxylic acids is 1. The van der Waals surface area contributed by atoms with Crippen LogP contribution in [-0.4, -0.2) is 28.2 Å². The molecule has 19 heavy (non-hydrogen) atoms. The molecule has 0 bridgehead atoms. The maximum atomic E-state index is 11.6. The number of anilines is 2. The number of carboxylic acids is 1. The van der Waals surface area contributed by atoms with Gasteiger partial charge in [0.1, 0.15) is 0 Å². The summed E-state index contributed by atoms with van der Waals surface area (Å²) in [4.78, 5) is 30.2. The van der Waals surface area contributed by atoms with Crippen LogP contribution in [0.25, 0.3) is 0 Å². The van der Waals surface area contributed by atoms with Gasteiger partial charge in [-0.3, -0.25) is 0 Å². The molecule has 0 aliphatic carbocycles. The highest BCUT2D eigenvalue weighted by Gasteiger charge is 2.17. The molecule has 0 saturated heterocycles. The lowest BCUT2D eigenvalue weighted by molar-refractivity contribution is 0.0656. The van der Waals surface area contributed by atoms with Crippen LogP contribution in [0.5, 0.6) is 5.75 Å². The first-order valence-corrected chi connectivity index (χ1v) is 5.11. The van der Waals surface area contributed by atoms with Crippen molar-refractivity contribution < 1.29 is 19.1 Å². The van der Waals surface area contributed by atoms with E-state index in [1.54, 1.807) is 6.07 Å². The predicted octanol–water partition coefficient (Wildman–Crippen LogP) is 0.880. The standard InChI is InChI=1S/C11H9N3O5/c1-18-8-6(14-11-12-3-2-4-13-11)5-7(9(15)16)19-10(8)17/h2-5H,1H3,(H,15,16)(H,12,13,14). The smallest absolute Gasteiger partial charge is 0.381 e. The Labute approximate surface area is 106 Å². The molecule has 2 aromatic rings. The van der Waals surface area contributed by atoms with E-state index < -0.39 is 17.4 Å². The van der Waals surface area contributed by atoms with Crippen LogP contribution in [0.4, 0.5) is 11.6 Å². The van der Waals surface area contributed by atoms with Crippen LogP contribution in [0.1, 0.15) is 10.6 Å². The average Bonchev–Trinajstić information content (AvgIpc) is 2.39. The van der Waals surface area contributed by atoms with Crippen LogP contribution in [-0.2, 0) is 0 Å². The molecule has 2 N–H and O–H groups in total. The molecule has 0 aliphatic heterocycles. The summed E-state index contributed by atoms with van der Waals surface area (Å²) in [6.45, 7) is 0. The van der Waals surface area contributed by atoms with Crippen molar-refractivity contribution in [1.29, 1.82) is 0 Å². The van der Waals surface area contributed by atoms with Gasteiger partial charge in [-0.15, -0.1) is 0 Å². The lowest BCUT2D eigenvalue weighted by atomic mass is 10.3. The molecular formula is C11H9N3O5. The van der Waals surface area contributed by atoms with Crippen molar-refractivity contribution in [3.05, 3.63) is 40.7 Å². The fourth-order valence-electron chi connectivity index (χ4n) is 1.36. The molecule has 0 fully saturated rings. The zero-order chi connectivity index (χ0) is 13.8. The van der Waals surface area contributed by atoms with E-state index in [0.29, 0.717) is 0 Å². The van der Waals surface area contributed by atoms with Gasteiger partial charge in [0.05, 0.1) is 12.8 Å². The summed E-state index contributed by atoms with van der Waals surface area (Å²) in [5.74, 6) is -1.83. The summed E-state index contributed by atoms with van der Waals surface area (Å²) in [5.41, 5.74) is -0.789. The Kier molecular flexibility index (Phi) is 3.42. The number of ether oxygens (including phenoxy) is 1. The van der Waals surface area contributed by atoms with E-state index in [9.17, 15) is 9.59 Å². The van der Waals surface area contributed by atoms with Crippen molar-refractivity contribution in [3.63, 3.8) is 0 Å². The Bertz CT molecular complexity index is 653. The molecule has 0 spiro atoms. The predicted molar refractivity (Wildman–Crippen MR) is 63.8 cm³/mol. The van der Waals surface area contributed by atoms with Gasteiger partial charge in [-0.05, 0) is 6.07 Å². The second kappa shape index (κ2) is 5.17. The molecule has 8 nitrogen and oxygen atoms in total. The summed E-state index contributed by atoms with van der Waals surface area (Å²) in [6.07, 6.45) is 2.98. The quantitative estimate of drug-likeness (QED) is 0.835. The number of nitrogens with one attached hydrogen (secondary N) is 1. The zero-order valence-electron chi connectivity index (χ0n) is 9.78. The number of hydrogen-bond donors (Lipinski definition) is 2.